The second-order valence-electron chi connectivity index (χ2n) is 4.58. The number of ether oxygens (including phenoxy) is 2. The Morgan fingerprint density at radius 3 is 3.05 bits per heavy atom. The molecule has 19 heavy (non-hydrogen) atoms. The van der Waals surface area contributed by atoms with Crippen molar-refractivity contribution in [2.75, 3.05) is 19.8 Å². The predicted molar refractivity (Wildman–Crippen MR) is 71.5 cm³/mol. The monoisotopic (exact) mass is 264 g/mol. The number of rotatable bonds is 5. The SMILES string of the molecule is CC(N)OCCOC(=O)C1NCCc2ccccc21. The molecule has 0 aliphatic carbocycles. The summed E-state index contributed by atoms with van der Waals surface area (Å²) < 4.78 is 10.3. The van der Waals surface area contributed by atoms with E-state index in [1.807, 2.05) is 18.2 Å². The van der Waals surface area contributed by atoms with E-state index in [1.165, 1.54) is 5.56 Å². The van der Waals surface area contributed by atoms with Crippen LogP contribution in [0.5, 0.6) is 0 Å². The highest BCUT2D eigenvalue weighted by atomic mass is 16.6. The summed E-state index contributed by atoms with van der Waals surface area (Å²) >= 11 is 0. The van der Waals surface area contributed by atoms with Crippen LogP contribution in [0, 0.1) is 0 Å². The largest absolute Gasteiger partial charge is 0.462 e. The van der Waals surface area contributed by atoms with Crippen LogP contribution in [0.25, 0.3) is 0 Å². The first-order chi connectivity index (χ1) is 9.18. The molecule has 2 unspecified atom stereocenters. The quantitative estimate of drug-likeness (QED) is 0.466. The summed E-state index contributed by atoms with van der Waals surface area (Å²) in [5, 5.41) is 3.18. The van der Waals surface area contributed by atoms with Crippen molar-refractivity contribution in [3.05, 3.63) is 35.4 Å². The third-order valence-electron chi connectivity index (χ3n) is 3.05. The minimum atomic E-state index is -0.375. The topological polar surface area (TPSA) is 73.6 Å². The lowest BCUT2D eigenvalue weighted by molar-refractivity contribution is -0.148. The number of carbonyl (C=O) groups is 1. The fourth-order valence-corrected chi connectivity index (χ4v) is 2.17. The summed E-state index contributed by atoms with van der Waals surface area (Å²) in [6.45, 7) is 3.06. The first-order valence-corrected chi connectivity index (χ1v) is 6.53. The van der Waals surface area contributed by atoms with Crippen LogP contribution in [-0.4, -0.2) is 32.0 Å². The summed E-state index contributed by atoms with van der Waals surface area (Å²) in [6.07, 6.45) is 0.598. The number of benzene rings is 1. The minimum Gasteiger partial charge on any atom is -0.462 e. The second kappa shape index (κ2) is 6.65. The first kappa shape index (κ1) is 14.0. The number of nitrogens with one attached hydrogen (secondary N) is 1. The van der Waals surface area contributed by atoms with E-state index in [0.717, 1.165) is 18.5 Å². The van der Waals surface area contributed by atoms with Gasteiger partial charge in [-0.05, 0) is 24.5 Å². The Morgan fingerprint density at radius 1 is 1.47 bits per heavy atom. The second-order valence-corrected chi connectivity index (χ2v) is 4.58. The molecule has 0 amide bonds. The standard InChI is InChI=1S/C14H20N2O3/c1-10(15)18-8-9-19-14(17)13-12-5-3-2-4-11(12)6-7-16-13/h2-5,10,13,16H,6-9,15H2,1H3. The molecule has 0 saturated carbocycles. The van der Waals surface area contributed by atoms with Crippen LogP contribution in [0.4, 0.5) is 0 Å². The molecule has 3 N–H and O–H groups in total. The average Bonchev–Trinajstić information content (AvgIpc) is 2.42. The van der Waals surface area contributed by atoms with Crippen molar-refractivity contribution < 1.29 is 14.3 Å². The van der Waals surface area contributed by atoms with Gasteiger partial charge in [0.2, 0.25) is 0 Å². The minimum absolute atomic E-state index is 0.223. The summed E-state index contributed by atoms with van der Waals surface area (Å²) in [6, 6.07) is 7.57. The molecule has 104 valence electrons. The van der Waals surface area contributed by atoms with Crippen molar-refractivity contribution in [2.24, 2.45) is 5.73 Å². The van der Waals surface area contributed by atoms with Crippen LogP contribution in [0.15, 0.2) is 24.3 Å². The van der Waals surface area contributed by atoms with Gasteiger partial charge in [-0.3, -0.25) is 0 Å². The third kappa shape index (κ3) is 3.76. The normalized spacial score (nSPS) is 19.6. The number of hydrogen-bond acceptors (Lipinski definition) is 5. The zero-order valence-corrected chi connectivity index (χ0v) is 11.1. The molecule has 0 saturated heterocycles. The molecule has 1 aliphatic heterocycles. The molecule has 0 bridgehead atoms. The molecule has 0 fully saturated rings. The molecule has 1 aliphatic rings. The smallest absolute Gasteiger partial charge is 0.327 e. The molecule has 0 radical (unpaired) electrons. The Bertz CT molecular complexity index is 434. The molecule has 0 spiro atoms. The number of carbonyl (C=O) groups excluding carboxylic acids is 1. The van der Waals surface area contributed by atoms with Crippen molar-refractivity contribution in [3.8, 4) is 0 Å². The van der Waals surface area contributed by atoms with E-state index in [9.17, 15) is 4.79 Å². The van der Waals surface area contributed by atoms with E-state index >= 15 is 0 Å². The summed E-state index contributed by atoms with van der Waals surface area (Å²) in [4.78, 5) is 12.0. The number of fused-ring (bicyclic) bond motifs is 1. The van der Waals surface area contributed by atoms with Crippen molar-refractivity contribution in [1.29, 1.82) is 0 Å². The highest BCUT2D eigenvalue weighted by molar-refractivity contribution is 5.78. The van der Waals surface area contributed by atoms with Crippen LogP contribution in [0.3, 0.4) is 0 Å². The van der Waals surface area contributed by atoms with E-state index in [4.69, 9.17) is 15.2 Å². The molecule has 2 rings (SSSR count). The Balaban J connectivity index is 1.90. The van der Waals surface area contributed by atoms with Gasteiger partial charge < -0.3 is 20.5 Å². The first-order valence-electron chi connectivity index (χ1n) is 6.53. The molecule has 5 nitrogen and oxygen atoms in total. The van der Waals surface area contributed by atoms with E-state index in [2.05, 4.69) is 11.4 Å². The van der Waals surface area contributed by atoms with Gasteiger partial charge in [-0.25, -0.2) is 4.79 Å². The van der Waals surface area contributed by atoms with Crippen molar-refractivity contribution in [2.45, 2.75) is 25.6 Å². The Labute approximate surface area is 113 Å². The molecular formula is C14H20N2O3. The van der Waals surface area contributed by atoms with Gasteiger partial charge in [-0.15, -0.1) is 0 Å². The third-order valence-corrected chi connectivity index (χ3v) is 3.05. The number of esters is 1. The predicted octanol–water partition coefficient (Wildman–Crippen LogP) is 0.738. The zero-order chi connectivity index (χ0) is 13.7. The van der Waals surface area contributed by atoms with Crippen molar-refractivity contribution >= 4 is 5.97 Å². The fraction of sp³-hybridized carbons (Fsp3) is 0.500. The Hall–Kier alpha value is -1.43. The molecular weight excluding hydrogens is 244 g/mol. The highest BCUT2D eigenvalue weighted by Crippen LogP contribution is 2.23. The zero-order valence-electron chi connectivity index (χ0n) is 11.1. The van der Waals surface area contributed by atoms with Crippen LogP contribution in [0.1, 0.15) is 24.1 Å². The van der Waals surface area contributed by atoms with Crippen LogP contribution < -0.4 is 11.1 Å². The van der Waals surface area contributed by atoms with Gasteiger partial charge in [0.25, 0.3) is 0 Å². The van der Waals surface area contributed by atoms with Gasteiger partial charge in [-0.2, -0.15) is 0 Å². The van der Waals surface area contributed by atoms with E-state index in [-0.39, 0.29) is 24.8 Å². The summed E-state index contributed by atoms with van der Waals surface area (Å²) in [7, 11) is 0. The molecule has 1 aromatic rings. The van der Waals surface area contributed by atoms with Gasteiger partial charge >= 0.3 is 5.97 Å². The van der Waals surface area contributed by atoms with Gasteiger partial charge in [0, 0.05) is 6.54 Å². The Kier molecular flexibility index (Phi) is 4.90. The lowest BCUT2D eigenvalue weighted by Crippen LogP contribution is -2.36. The van der Waals surface area contributed by atoms with Crippen LogP contribution in [0.2, 0.25) is 0 Å². The molecule has 1 aromatic carbocycles. The maximum absolute atomic E-state index is 12.0. The summed E-state index contributed by atoms with van der Waals surface area (Å²) in [5.74, 6) is -0.263. The van der Waals surface area contributed by atoms with Crippen molar-refractivity contribution in [1.82, 2.24) is 5.32 Å². The van der Waals surface area contributed by atoms with E-state index in [0.29, 0.717) is 6.61 Å². The van der Waals surface area contributed by atoms with Crippen LogP contribution in [-0.2, 0) is 20.7 Å². The number of nitrogens with two attached hydrogens (primary N) is 1. The van der Waals surface area contributed by atoms with Crippen LogP contribution >= 0.6 is 0 Å². The summed E-state index contributed by atoms with van der Waals surface area (Å²) in [5.41, 5.74) is 7.65. The lowest BCUT2D eigenvalue weighted by Gasteiger charge is -2.25. The van der Waals surface area contributed by atoms with E-state index < -0.39 is 0 Å². The molecule has 5 heteroatoms. The molecule has 2 atom stereocenters. The molecule has 1 heterocycles. The average molecular weight is 264 g/mol. The van der Waals surface area contributed by atoms with Crippen molar-refractivity contribution in [3.63, 3.8) is 0 Å². The van der Waals surface area contributed by atoms with Gasteiger partial charge in [0.15, 0.2) is 0 Å². The highest BCUT2D eigenvalue weighted by Gasteiger charge is 2.26. The molecule has 0 aromatic heterocycles. The fourth-order valence-electron chi connectivity index (χ4n) is 2.17. The maximum atomic E-state index is 12.0. The lowest BCUT2D eigenvalue weighted by atomic mass is 9.94. The van der Waals surface area contributed by atoms with Gasteiger partial charge in [-0.1, -0.05) is 24.3 Å². The van der Waals surface area contributed by atoms with Gasteiger partial charge in [0.1, 0.15) is 18.9 Å². The van der Waals surface area contributed by atoms with Gasteiger partial charge in [0.05, 0.1) is 6.61 Å². The number of hydrogen-bond donors (Lipinski definition) is 2. The Morgan fingerprint density at radius 2 is 2.26 bits per heavy atom. The maximum Gasteiger partial charge on any atom is 0.327 e. The van der Waals surface area contributed by atoms with E-state index in [1.54, 1.807) is 6.92 Å².